The van der Waals surface area contributed by atoms with Crippen LogP contribution in [-0.4, -0.2) is 17.0 Å². The second kappa shape index (κ2) is 5.99. The molecule has 1 aromatic carbocycles. The first-order chi connectivity index (χ1) is 9.78. The molecule has 1 N–H and O–H groups in total. The lowest BCUT2D eigenvalue weighted by Gasteiger charge is -2.16. The number of rotatable bonds is 4. The standard InChI is InChI=1S/C15H14BrN3S/c1-17-13(9-15-11(16)4-7-20-15)10-2-3-12-14(8-10)19-6-5-18-12/h2-8,13,17H,9H2,1H3. The van der Waals surface area contributed by atoms with Gasteiger partial charge in [0.1, 0.15) is 0 Å². The summed E-state index contributed by atoms with van der Waals surface area (Å²) in [6.45, 7) is 0. The highest BCUT2D eigenvalue weighted by atomic mass is 79.9. The molecule has 0 aliphatic heterocycles. The van der Waals surface area contributed by atoms with Gasteiger partial charge in [0.15, 0.2) is 0 Å². The molecule has 3 rings (SSSR count). The summed E-state index contributed by atoms with van der Waals surface area (Å²) >= 11 is 5.37. The topological polar surface area (TPSA) is 37.8 Å². The molecule has 0 fully saturated rings. The van der Waals surface area contributed by atoms with Crippen LogP contribution in [0.25, 0.3) is 11.0 Å². The van der Waals surface area contributed by atoms with E-state index in [1.807, 2.05) is 13.1 Å². The average Bonchev–Trinajstić information content (AvgIpc) is 2.89. The van der Waals surface area contributed by atoms with E-state index < -0.39 is 0 Å². The maximum atomic E-state index is 4.38. The van der Waals surface area contributed by atoms with E-state index in [0.717, 1.165) is 17.5 Å². The van der Waals surface area contributed by atoms with Crippen molar-refractivity contribution in [2.75, 3.05) is 7.05 Å². The molecule has 3 aromatic rings. The molecular formula is C15H14BrN3S. The molecule has 0 aliphatic rings. The van der Waals surface area contributed by atoms with E-state index in [4.69, 9.17) is 0 Å². The van der Waals surface area contributed by atoms with Crippen LogP contribution in [0.2, 0.25) is 0 Å². The van der Waals surface area contributed by atoms with Gasteiger partial charge in [0.25, 0.3) is 0 Å². The molecule has 0 bridgehead atoms. The Bertz CT molecular complexity index is 726. The van der Waals surface area contributed by atoms with E-state index in [2.05, 4.69) is 54.8 Å². The first kappa shape index (κ1) is 13.7. The predicted octanol–water partition coefficient (Wildman–Crippen LogP) is 3.96. The number of halogens is 1. The highest BCUT2D eigenvalue weighted by molar-refractivity contribution is 9.10. The van der Waals surface area contributed by atoms with Crippen LogP contribution in [0.5, 0.6) is 0 Å². The molecule has 0 saturated heterocycles. The zero-order valence-electron chi connectivity index (χ0n) is 11.0. The van der Waals surface area contributed by atoms with Crippen molar-refractivity contribution in [2.24, 2.45) is 0 Å². The molecule has 1 atom stereocenters. The van der Waals surface area contributed by atoms with Crippen LogP contribution >= 0.6 is 27.3 Å². The van der Waals surface area contributed by atoms with Gasteiger partial charge in [0.05, 0.1) is 11.0 Å². The maximum Gasteiger partial charge on any atom is 0.0890 e. The third-order valence-corrected chi connectivity index (χ3v) is 5.27. The van der Waals surface area contributed by atoms with Crippen molar-refractivity contribution >= 4 is 38.3 Å². The lowest BCUT2D eigenvalue weighted by atomic mass is 10.0. The molecule has 102 valence electrons. The number of hydrogen-bond acceptors (Lipinski definition) is 4. The molecule has 0 radical (unpaired) electrons. The Balaban J connectivity index is 1.92. The summed E-state index contributed by atoms with van der Waals surface area (Å²) in [4.78, 5) is 10.0. The Hall–Kier alpha value is -1.30. The molecule has 0 saturated carbocycles. The predicted molar refractivity (Wildman–Crippen MR) is 87.1 cm³/mol. The fourth-order valence-electron chi connectivity index (χ4n) is 2.24. The highest BCUT2D eigenvalue weighted by Gasteiger charge is 2.13. The van der Waals surface area contributed by atoms with Crippen LogP contribution in [0.3, 0.4) is 0 Å². The number of likely N-dealkylation sites (N-methyl/N-ethyl adjacent to an activating group) is 1. The highest BCUT2D eigenvalue weighted by Crippen LogP contribution is 2.28. The zero-order chi connectivity index (χ0) is 13.9. The fourth-order valence-corrected chi connectivity index (χ4v) is 3.80. The van der Waals surface area contributed by atoms with Crippen LogP contribution in [0, 0.1) is 0 Å². The van der Waals surface area contributed by atoms with Crippen molar-refractivity contribution in [1.82, 2.24) is 15.3 Å². The van der Waals surface area contributed by atoms with Gasteiger partial charge in [-0.05, 0) is 52.1 Å². The van der Waals surface area contributed by atoms with Gasteiger partial charge < -0.3 is 5.32 Å². The third kappa shape index (κ3) is 2.75. The first-order valence-corrected chi connectivity index (χ1v) is 8.05. The number of benzene rings is 1. The summed E-state index contributed by atoms with van der Waals surface area (Å²) in [6, 6.07) is 8.64. The third-order valence-electron chi connectivity index (χ3n) is 3.32. The monoisotopic (exact) mass is 347 g/mol. The van der Waals surface area contributed by atoms with E-state index in [-0.39, 0.29) is 6.04 Å². The number of hydrogen-bond donors (Lipinski definition) is 1. The Morgan fingerprint density at radius 1 is 1.20 bits per heavy atom. The van der Waals surface area contributed by atoms with Crippen molar-refractivity contribution in [3.05, 3.63) is 57.0 Å². The van der Waals surface area contributed by atoms with Crippen molar-refractivity contribution in [2.45, 2.75) is 12.5 Å². The number of thiophene rings is 1. The van der Waals surface area contributed by atoms with E-state index in [0.29, 0.717) is 0 Å². The second-order valence-corrected chi connectivity index (χ2v) is 6.40. The van der Waals surface area contributed by atoms with Crippen molar-refractivity contribution in [3.8, 4) is 0 Å². The quantitative estimate of drug-likeness (QED) is 0.776. The van der Waals surface area contributed by atoms with Crippen LogP contribution in [-0.2, 0) is 6.42 Å². The van der Waals surface area contributed by atoms with E-state index in [9.17, 15) is 0 Å². The molecule has 0 amide bonds. The molecule has 20 heavy (non-hydrogen) atoms. The van der Waals surface area contributed by atoms with Gasteiger partial charge in [0, 0.05) is 34.2 Å². The maximum absolute atomic E-state index is 4.38. The summed E-state index contributed by atoms with van der Waals surface area (Å²) < 4.78 is 1.18. The normalized spacial score (nSPS) is 12.7. The van der Waals surface area contributed by atoms with Gasteiger partial charge in [-0.3, -0.25) is 9.97 Å². The van der Waals surface area contributed by atoms with Crippen molar-refractivity contribution in [1.29, 1.82) is 0 Å². The lowest BCUT2D eigenvalue weighted by molar-refractivity contribution is 0.596. The van der Waals surface area contributed by atoms with E-state index in [1.165, 1.54) is 14.9 Å². The number of nitrogens with one attached hydrogen (secondary N) is 1. The van der Waals surface area contributed by atoms with Gasteiger partial charge in [-0.1, -0.05) is 6.07 Å². The molecule has 3 nitrogen and oxygen atoms in total. The van der Waals surface area contributed by atoms with Gasteiger partial charge >= 0.3 is 0 Å². The molecule has 0 aliphatic carbocycles. The molecule has 0 spiro atoms. The molecule has 2 aromatic heterocycles. The second-order valence-electron chi connectivity index (χ2n) is 4.54. The van der Waals surface area contributed by atoms with Gasteiger partial charge in [0.2, 0.25) is 0 Å². The SMILES string of the molecule is CNC(Cc1sccc1Br)c1ccc2nccnc2c1. The first-order valence-electron chi connectivity index (χ1n) is 6.37. The minimum Gasteiger partial charge on any atom is -0.313 e. The Kier molecular flexibility index (Phi) is 4.10. The zero-order valence-corrected chi connectivity index (χ0v) is 13.4. The summed E-state index contributed by atoms with van der Waals surface area (Å²) in [5, 5.41) is 5.50. The summed E-state index contributed by atoms with van der Waals surface area (Å²) in [6.07, 6.45) is 4.41. The Morgan fingerprint density at radius 3 is 2.70 bits per heavy atom. The fraction of sp³-hybridized carbons (Fsp3) is 0.200. The summed E-state index contributed by atoms with van der Waals surface area (Å²) in [5.41, 5.74) is 3.11. The Morgan fingerprint density at radius 2 is 2.00 bits per heavy atom. The largest absolute Gasteiger partial charge is 0.313 e. The van der Waals surface area contributed by atoms with Crippen molar-refractivity contribution < 1.29 is 0 Å². The lowest BCUT2D eigenvalue weighted by Crippen LogP contribution is -2.18. The van der Waals surface area contributed by atoms with Gasteiger partial charge in [-0.25, -0.2) is 0 Å². The molecule has 1 unspecified atom stereocenters. The number of nitrogens with zero attached hydrogens (tertiary/aromatic N) is 2. The molecule has 2 heterocycles. The van der Waals surface area contributed by atoms with E-state index in [1.54, 1.807) is 23.7 Å². The van der Waals surface area contributed by atoms with Crippen LogP contribution in [0.15, 0.2) is 46.5 Å². The molecular weight excluding hydrogens is 334 g/mol. The minimum absolute atomic E-state index is 0.274. The minimum atomic E-state index is 0.274. The molecule has 5 heteroatoms. The van der Waals surface area contributed by atoms with Crippen LogP contribution in [0.1, 0.15) is 16.5 Å². The smallest absolute Gasteiger partial charge is 0.0890 e. The van der Waals surface area contributed by atoms with Crippen LogP contribution < -0.4 is 5.32 Å². The van der Waals surface area contributed by atoms with Gasteiger partial charge in [-0.2, -0.15) is 0 Å². The number of fused-ring (bicyclic) bond motifs is 1. The van der Waals surface area contributed by atoms with E-state index >= 15 is 0 Å². The summed E-state index contributed by atoms with van der Waals surface area (Å²) in [7, 11) is 1.99. The summed E-state index contributed by atoms with van der Waals surface area (Å²) in [5.74, 6) is 0. The van der Waals surface area contributed by atoms with Crippen LogP contribution in [0.4, 0.5) is 0 Å². The van der Waals surface area contributed by atoms with Crippen molar-refractivity contribution in [3.63, 3.8) is 0 Å². The number of aromatic nitrogens is 2. The average molecular weight is 348 g/mol. The van der Waals surface area contributed by atoms with Gasteiger partial charge in [-0.15, -0.1) is 11.3 Å². The Labute approximate surface area is 130 Å².